The van der Waals surface area contributed by atoms with Gasteiger partial charge in [0.25, 0.3) is 5.91 Å². The molecule has 0 bridgehead atoms. The van der Waals surface area contributed by atoms with Crippen molar-refractivity contribution < 1.29 is 9.69 Å². The van der Waals surface area contributed by atoms with Crippen molar-refractivity contribution in [2.75, 3.05) is 18.4 Å². The summed E-state index contributed by atoms with van der Waals surface area (Å²) in [5.74, 6) is 0.0901. The molecule has 20 heavy (non-hydrogen) atoms. The summed E-state index contributed by atoms with van der Waals surface area (Å²) >= 11 is 5.99. The predicted molar refractivity (Wildman–Crippen MR) is 83.4 cm³/mol. The number of nitrogens with one attached hydrogen (secondary N) is 2. The fourth-order valence-electron chi connectivity index (χ4n) is 2.77. The Morgan fingerprint density at radius 3 is 2.55 bits per heavy atom. The van der Waals surface area contributed by atoms with Crippen LogP contribution in [0.1, 0.15) is 38.2 Å². The van der Waals surface area contributed by atoms with Gasteiger partial charge in [0.15, 0.2) is 6.04 Å². The van der Waals surface area contributed by atoms with E-state index in [-0.39, 0.29) is 11.9 Å². The van der Waals surface area contributed by atoms with E-state index in [2.05, 4.69) is 5.32 Å². The first-order valence-corrected chi connectivity index (χ1v) is 7.87. The van der Waals surface area contributed by atoms with Gasteiger partial charge in [0.2, 0.25) is 0 Å². The van der Waals surface area contributed by atoms with E-state index in [1.165, 1.54) is 30.6 Å². The van der Waals surface area contributed by atoms with Gasteiger partial charge in [-0.2, -0.15) is 0 Å². The van der Waals surface area contributed by atoms with Gasteiger partial charge >= 0.3 is 0 Å². The van der Waals surface area contributed by atoms with Crippen LogP contribution < -0.4 is 10.2 Å². The lowest BCUT2D eigenvalue weighted by Gasteiger charge is -2.24. The molecule has 0 aliphatic carbocycles. The highest BCUT2D eigenvalue weighted by Crippen LogP contribution is 2.20. The summed E-state index contributed by atoms with van der Waals surface area (Å²) in [6, 6.07) is 5.59. The first kappa shape index (κ1) is 15.3. The van der Waals surface area contributed by atoms with Crippen LogP contribution in [0.15, 0.2) is 18.2 Å². The summed E-state index contributed by atoms with van der Waals surface area (Å²) in [4.78, 5) is 13.8. The fourth-order valence-corrected chi connectivity index (χ4v) is 2.94. The predicted octanol–water partition coefficient (Wildman–Crippen LogP) is 2.43. The Labute approximate surface area is 126 Å². The molecular weight excluding hydrogens is 272 g/mol. The van der Waals surface area contributed by atoms with Crippen LogP contribution in [0, 0.1) is 6.92 Å². The second kappa shape index (κ2) is 7.09. The molecule has 1 aromatic carbocycles. The molecule has 2 rings (SSSR count). The summed E-state index contributed by atoms with van der Waals surface area (Å²) < 4.78 is 0. The SMILES string of the molecule is Cc1ccc(Cl)cc1NC(=O)[C@H](C)[NH+]1CCCCCC1. The van der Waals surface area contributed by atoms with Crippen LogP contribution >= 0.6 is 11.6 Å². The van der Waals surface area contributed by atoms with Gasteiger partial charge < -0.3 is 10.2 Å². The zero-order valence-electron chi connectivity index (χ0n) is 12.3. The maximum atomic E-state index is 12.4. The summed E-state index contributed by atoms with van der Waals surface area (Å²) in [5.41, 5.74) is 1.87. The van der Waals surface area contributed by atoms with Crippen LogP contribution in [-0.4, -0.2) is 25.0 Å². The Morgan fingerprint density at radius 1 is 1.25 bits per heavy atom. The minimum atomic E-state index is -0.00789. The van der Waals surface area contributed by atoms with Gasteiger partial charge in [-0.3, -0.25) is 4.79 Å². The Kier molecular flexibility index (Phi) is 5.44. The normalized spacial score (nSPS) is 18.4. The number of amides is 1. The lowest BCUT2D eigenvalue weighted by atomic mass is 10.2. The molecule has 1 aliphatic rings. The third-order valence-corrected chi connectivity index (χ3v) is 4.44. The third-order valence-electron chi connectivity index (χ3n) is 4.21. The van der Waals surface area contributed by atoms with Crippen LogP contribution in [-0.2, 0) is 4.79 Å². The lowest BCUT2D eigenvalue weighted by Crippen LogP contribution is -3.16. The summed E-state index contributed by atoms with van der Waals surface area (Å²) in [5, 5.41) is 3.68. The van der Waals surface area contributed by atoms with Crippen molar-refractivity contribution in [3.8, 4) is 0 Å². The van der Waals surface area contributed by atoms with Crippen molar-refractivity contribution in [3.05, 3.63) is 28.8 Å². The molecule has 0 unspecified atom stereocenters. The summed E-state index contributed by atoms with van der Waals surface area (Å²) in [6.45, 7) is 6.21. The number of quaternary nitrogens is 1. The highest BCUT2D eigenvalue weighted by molar-refractivity contribution is 6.31. The first-order chi connectivity index (χ1) is 9.58. The zero-order chi connectivity index (χ0) is 14.5. The van der Waals surface area contributed by atoms with Crippen molar-refractivity contribution in [3.63, 3.8) is 0 Å². The molecule has 1 heterocycles. The van der Waals surface area contributed by atoms with Gasteiger partial charge in [-0.15, -0.1) is 0 Å². The molecule has 1 fully saturated rings. The van der Waals surface area contributed by atoms with Crippen molar-refractivity contribution in [2.24, 2.45) is 0 Å². The molecule has 4 heteroatoms. The van der Waals surface area contributed by atoms with Crippen molar-refractivity contribution in [1.29, 1.82) is 0 Å². The second-order valence-electron chi connectivity index (χ2n) is 5.74. The van der Waals surface area contributed by atoms with Crippen LogP contribution in [0.5, 0.6) is 0 Å². The van der Waals surface area contributed by atoms with E-state index >= 15 is 0 Å². The van der Waals surface area contributed by atoms with E-state index in [0.29, 0.717) is 5.02 Å². The van der Waals surface area contributed by atoms with Crippen molar-refractivity contribution >= 4 is 23.2 Å². The molecule has 3 nitrogen and oxygen atoms in total. The molecule has 1 saturated heterocycles. The standard InChI is InChI=1S/C16H23ClN2O/c1-12-7-8-14(17)11-15(12)18-16(20)13(2)19-9-5-3-4-6-10-19/h7-8,11,13H,3-6,9-10H2,1-2H3,(H,18,20)/p+1/t13-/m0/s1. The van der Waals surface area contributed by atoms with Gasteiger partial charge in [-0.05, 0) is 57.2 Å². The lowest BCUT2D eigenvalue weighted by molar-refractivity contribution is -0.913. The average Bonchev–Trinajstić information content (AvgIpc) is 2.71. The molecule has 0 saturated carbocycles. The van der Waals surface area contributed by atoms with Crippen LogP contribution in [0.4, 0.5) is 5.69 Å². The third kappa shape index (κ3) is 3.97. The molecule has 1 amide bonds. The first-order valence-electron chi connectivity index (χ1n) is 7.49. The highest BCUT2D eigenvalue weighted by atomic mass is 35.5. The molecule has 0 radical (unpaired) electrons. The molecule has 0 spiro atoms. The van der Waals surface area contributed by atoms with E-state index in [9.17, 15) is 4.79 Å². The average molecular weight is 296 g/mol. The second-order valence-corrected chi connectivity index (χ2v) is 6.18. The molecule has 2 N–H and O–H groups in total. The zero-order valence-corrected chi connectivity index (χ0v) is 13.1. The van der Waals surface area contributed by atoms with Crippen molar-refractivity contribution in [1.82, 2.24) is 0 Å². The van der Waals surface area contributed by atoms with Gasteiger partial charge in [-0.1, -0.05) is 17.7 Å². The van der Waals surface area contributed by atoms with E-state index in [1.807, 2.05) is 32.0 Å². The molecule has 0 aromatic heterocycles. The summed E-state index contributed by atoms with van der Waals surface area (Å²) in [6.07, 6.45) is 5.04. The van der Waals surface area contributed by atoms with Crippen LogP contribution in [0.2, 0.25) is 5.02 Å². The van der Waals surface area contributed by atoms with E-state index in [4.69, 9.17) is 11.6 Å². The number of anilines is 1. The topological polar surface area (TPSA) is 33.5 Å². The number of halogens is 1. The van der Waals surface area contributed by atoms with Gasteiger partial charge in [0.05, 0.1) is 13.1 Å². The van der Waals surface area contributed by atoms with Crippen LogP contribution in [0.25, 0.3) is 0 Å². The number of benzene rings is 1. The number of carbonyl (C=O) groups is 1. The van der Waals surface area contributed by atoms with E-state index < -0.39 is 0 Å². The maximum absolute atomic E-state index is 12.4. The van der Waals surface area contributed by atoms with Crippen molar-refractivity contribution in [2.45, 2.75) is 45.6 Å². The summed E-state index contributed by atoms with van der Waals surface area (Å²) in [7, 11) is 0. The number of carbonyl (C=O) groups excluding carboxylic acids is 1. The minimum absolute atomic E-state index is 0.00789. The van der Waals surface area contributed by atoms with Gasteiger partial charge in [0.1, 0.15) is 0 Å². The largest absolute Gasteiger partial charge is 0.325 e. The number of rotatable bonds is 3. The Balaban J connectivity index is 2.01. The Hall–Kier alpha value is -1.06. The molecular formula is C16H24ClN2O+. The smallest absolute Gasteiger partial charge is 0.282 e. The highest BCUT2D eigenvalue weighted by Gasteiger charge is 2.26. The number of likely N-dealkylation sites (tertiary alicyclic amines) is 1. The fraction of sp³-hybridized carbons (Fsp3) is 0.562. The number of hydrogen-bond donors (Lipinski definition) is 2. The van der Waals surface area contributed by atoms with Crippen LogP contribution in [0.3, 0.4) is 0 Å². The number of hydrogen-bond acceptors (Lipinski definition) is 1. The van der Waals surface area contributed by atoms with E-state index in [0.717, 1.165) is 24.3 Å². The Bertz CT molecular complexity index is 468. The quantitative estimate of drug-likeness (QED) is 0.882. The van der Waals surface area contributed by atoms with Gasteiger partial charge in [0, 0.05) is 10.7 Å². The minimum Gasteiger partial charge on any atom is -0.325 e. The monoisotopic (exact) mass is 295 g/mol. The van der Waals surface area contributed by atoms with Gasteiger partial charge in [-0.25, -0.2) is 0 Å². The Morgan fingerprint density at radius 2 is 1.90 bits per heavy atom. The molecule has 1 aliphatic heterocycles. The molecule has 1 aromatic rings. The number of aryl methyl sites for hydroxylation is 1. The molecule has 1 atom stereocenters. The maximum Gasteiger partial charge on any atom is 0.282 e. The molecule has 110 valence electrons. The van der Waals surface area contributed by atoms with E-state index in [1.54, 1.807) is 0 Å².